The number of likely N-dealkylation sites (N-methyl/N-ethyl adjacent to an activating group) is 1. The van der Waals surface area contributed by atoms with Crippen molar-refractivity contribution in [3.05, 3.63) is 23.7 Å². The highest BCUT2D eigenvalue weighted by Crippen LogP contribution is 2.23. The number of amides is 2. The summed E-state index contributed by atoms with van der Waals surface area (Å²) in [4.78, 5) is 13.7. The van der Waals surface area contributed by atoms with Crippen LogP contribution in [0.1, 0.15) is 31.4 Å². The average Bonchev–Trinajstić information content (AvgIpc) is 2.86. The first-order valence-electron chi connectivity index (χ1n) is 6.22. The van der Waals surface area contributed by atoms with Gasteiger partial charge in [0.1, 0.15) is 17.6 Å². The Morgan fingerprint density at radius 1 is 1.56 bits per heavy atom. The zero-order valence-electron chi connectivity index (χ0n) is 11.4. The molecule has 1 aromatic rings. The molecule has 1 aliphatic heterocycles. The lowest BCUT2D eigenvalue weighted by molar-refractivity contribution is 0.201. The summed E-state index contributed by atoms with van der Waals surface area (Å²) in [5.74, 6) is 1.69. The Hall–Kier alpha value is -1.49. The number of urea groups is 1. The highest BCUT2D eigenvalue weighted by Gasteiger charge is 2.34. The van der Waals surface area contributed by atoms with Gasteiger partial charge in [-0.3, -0.25) is 0 Å². The highest BCUT2D eigenvalue weighted by molar-refractivity contribution is 5.77. The van der Waals surface area contributed by atoms with Gasteiger partial charge < -0.3 is 20.0 Å². The molecule has 5 nitrogen and oxygen atoms in total. The van der Waals surface area contributed by atoms with Crippen molar-refractivity contribution in [3.63, 3.8) is 0 Å². The van der Waals surface area contributed by atoms with Crippen molar-refractivity contribution in [1.82, 2.24) is 15.5 Å². The van der Waals surface area contributed by atoms with E-state index < -0.39 is 0 Å². The van der Waals surface area contributed by atoms with Crippen molar-refractivity contribution in [2.24, 2.45) is 0 Å². The van der Waals surface area contributed by atoms with Crippen LogP contribution in [0.5, 0.6) is 0 Å². The first-order valence-corrected chi connectivity index (χ1v) is 6.22. The second-order valence-corrected chi connectivity index (χ2v) is 5.46. The van der Waals surface area contributed by atoms with Crippen molar-refractivity contribution < 1.29 is 9.21 Å². The molecule has 0 radical (unpaired) electrons. The van der Waals surface area contributed by atoms with Gasteiger partial charge in [-0.1, -0.05) is 0 Å². The van der Waals surface area contributed by atoms with Crippen LogP contribution < -0.4 is 10.6 Å². The normalized spacial score (nSPS) is 20.3. The third-order valence-corrected chi connectivity index (χ3v) is 3.36. The quantitative estimate of drug-likeness (QED) is 0.855. The van der Waals surface area contributed by atoms with Crippen LogP contribution in [0, 0.1) is 6.92 Å². The molecule has 0 aliphatic carbocycles. The summed E-state index contributed by atoms with van der Waals surface area (Å²) in [5, 5.41) is 6.15. The first-order chi connectivity index (χ1) is 8.41. The van der Waals surface area contributed by atoms with Crippen molar-refractivity contribution in [2.75, 3.05) is 20.1 Å². The maximum Gasteiger partial charge on any atom is 0.318 e. The van der Waals surface area contributed by atoms with Gasteiger partial charge in [0.2, 0.25) is 0 Å². The zero-order valence-corrected chi connectivity index (χ0v) is 11.4. The summed E-state index contributed by atoms with van der Waals surface area (Å²) in [6.07, 6.45) is 0. The molecule has 2 rings (SSSR count). The Balaban J connectivity index is 2.03. The number of aryl methyl sites for hydroxylation is 1. The maximum absolute atomic E-state index is 11.9. The van der Waals surface area contributed by atoms with Crippen molar-refractivity contribution in [3.8, 4) is 0 Å². The summed E-state index contributed by atoms with van der Waals surface area (Å²) in [7, 11) is 1.90. The third kappa shape index (κ3) is 2.67. The fourth-order valence-corrected chi connectivity index (χ4v) is 2.08. The number of nitrogens with zero attached hydrogens (tertiary/aromatic N) is 1. The van der Waals surface area contributed by atoms with Crippen LogP contribution in [0.3, 0.4) is 0 Å². The molecule has 1 fully saturated rings. The number of hydrogen-bond donors (Lipinski definition) is 2. The molecule has 1 aromatic heterocycles. The van der Waals surface area contributed by atoms with E-state index in [0.29, 0.717) is 13.1 Å². The van der Waals surface area contributed by atoms with E-state index in [9.17, 15) is 4.79 Å². The molecule has 1 unspecified atom stereocenters. The van der Waals surface area contributed by atoms with Crippen LogP contribution in [-0.2, 0) is 0 Å². The van der Waals surface area contributed by atoms with Gasteiger partial charge >= 0.3 is 6.03 Å². The number of carbonyl (C=O) groups excluding carboxylic acids is 1. The fourth-order valence-electron chi connectivity index (χ4n) is 2.08. The predicted octanol–water partition coefficient (Wildman–Crippen LogP) is 1.65. The Bertz CT molecular complexity index is 439. The van der Waals surface area contributed by atoms with E-state index in [1.54, 1.807) is 0 Å². The van der Waals surface area contributed by atoms with E-state index in [4.69, 9.17) is 4.42 Å². The van der Waals surface area contributed by atoms with Gasteiger partial charge in [0, 0.05) is 12.1 Å². The van der Waals surface area contributed by atoms with Gasteiger partial charge in [-0.15, -0.1) is 0 Å². The number of nitrogens with one attached hydrogen (secondary N) is 2. The zero-order chi connectivity index (χ0) is 13.3. The smallest absolute Gasteiger partial charge is 0.318 e. The molecular weight excluding hydrogens is 230 g/mol. The van der Waals surface area contributed by atoms with E-state index in [2.05, 4.69) is 24.5 Å². The Morgan fingerprint density at radius 3 is 2.83 bits per heavy atom. The second-order valence-electron chi connectivity index (χ2n) is 5.46. The molecule has 100 valence electrons. The van der Waals surface area contributed by atoms with Gasteiger partial charge in [0.15, 0.2) is 0 Å². The molecule has 0 bridgehead atoms. The van der Waals surface area contributed by atoms with E-state index in [0.717, 1.165) is 11.5 Å². The second kappa shape index (κ2) is 4.65. The Morgan fingerprint density at radius 2 is 2.28 bits per heavy atom. The van der Waals surface area contributed by atoms with Gasteiger partial charge in [-0.2, -0.15) is 0 Å². The van der Waals surface area contributed by atoms with Crippen LogP contribution in [0.2, 0.25) is 0 Å². The Kier molecular flexibility index (Phi) is 3.34. The summed E-state index contributed by atoms with van der Waals surface area (Å²) < 4.78 is 5.56. The standard InChI is InChI=1S/C13H21N3O2/c1-9-5-6-11(18-9)10-7-16(12(17)15-10)8-13(2,3)14-4/h5-6,10,14H,7-8H2,1-4H3,(H,15,17). The molecule has 1 aliphatic rings. The van der Waals surface area contributed by atoms with Gasteiger partial charge in [0.25, 0.3) is 0 Å². The maximum atomic E-state index is 11.9. The van der Waals surface area contributed by atoms with Gasteiger partial charge in [0.05, 0.1) is 6.54 Å². The van der Waals surface area contributed by atoms with E-state index in [1.807, 2.05) is 31.0 Å². The minimum atomic E-state index is -0.0920. The topological polar surface area (TPSA) is 57.5 Å². The largest absolute Gasteiger partial charge is 0.464 e. The fraction of sp³-hybridized carbons (Fsp3) is 0.615. The van der Waals surface area contributed by atoms with Crippen LogP contribution in [0.25, 0.3) is 0 Å². The summed E-state index contributed by atoms with van der Waals surface area (Å²) in [5.41, 5.74) is -0.0920. The number of rotatable bonds is 4. The van der Waals surface area contributed by atoms with Crippen LogP contribution in [0.15, 0.2) is 16.5 Å². The molecule has 0 saturated carbocycles. The van der Waals surface area contributed by atoms with E-state index in [1.165, 1.54) is 0 Å². The van der Waals surface area contributed by atoms with Gasteiger partial charge in [-0.25, -0.2) is 4.79 Å². The Labute approximate surface area is 108 Å². The van der Waals surface area contributed by atoms with Crippen molar-refractivity contribution in [2.45, 2.75) is 32.4 Å². The lowest BCUT2D eigenvalue weighted by Gasteiger charge is -2.29. The molecule has 0 aromatic carbocycles. The summed E-state index contributed by atoms with van der Waals surface area (Å²) in [6.45, 7) is 7.37. The molecule has 2 N–H and O–H groups in total. The van der Waals surface area contributed by atoms with Crippen molar-refractivity contribution >= 4 is 6.03 Å². The molecule has 2 amide bonds. The minimum absolute atomic E-state index is 0.0302. The number of hydrogen-bond acceptors (Lipinski definition) is 3. The number of carbonyl (C=O) groups is 1. The highest BCUT2D eigenvalue weighted by atomic mass is 16.3. The lowest BCUT2D eigenvalue weighted by atomic mass is 10.1. The minimum Gasteiger partial charge on any atom is -0.464 e. The summed E-state index contributed by atoms with van der Waals surface area (Å²) >= 11 is 0. The summed E-state index contributed by atoms with van der Waals surface area (Å²) in [6, 6.07) is 3.77. The monoisotopic (exact) mass is 251 g/mol. The molecule has 2 heterocycles. The van der Waals surface area contributed by atoms with E-state index in [-0.39, 0.29) is 17.6 Å². The molecule has 0 spiro atoms. The SMILES string of the molecule is CNC(C)(C)CN1CC(c2ccc(C)o2)NC1=O. The first kappa shape index (κ1) is 13.0. The molecule has 1 saturated heterocycles. The van der Waals surface area contributed by atoms with Crippen LogP contribution in [-0.4, -0.2) is 36.6 Å². The molecule has 5 heteroatoms. The lowest BCUT2D eigenvalue weighted by Crippen LogP contribution is -2.48. The van der Waals surface area contributed by atoms with Gasteiger partial charge in [-0.05, 0) is 40.0 Å². The third-order valence-electron chi connectivity index (χ3n) is 3.36. The van der Waals surface area contributed by atoms with Crippen molar-refractivity contribution in [1.29, 1.82) is 0 Å². The molecule has 18 heavy (non-hydrogen) atoms. The van der Waals surface area contributed by atoms with Crippen LogP contribution in [0.4, 0.5) is 4.79 Å². The average molecular weight is 251 g/mol. The van der Waals surface area contributed by atoms with E-state index >= 15 is 0 Å². The van der Waals surface area contributed by atoms with Crippen LogP contribution >= 0.6 is 0 Å². The number of furan rings is 1. The molecular formula is C13H21N3O2. The molecule has 1 atom stereocenters. The predicted molar refractivity (Wildman–Crippen MR) is 69.4 cm³/mol.